The number of imide groups is 1. The first-order chi connectivity index (χ1) is 9.56. The minimum atomic E-state index is -0.199. The molecule has 2 bridgehead atoms. The minimum absolute atomic E-state index is 0.116. The zero-order valence-electron chi connectivity index (χ0n) is 10.4. The third-order valence-electron chi connectivity index (χ3n) is 4.58. The van der Waals surface area contributed by atoms with Gasteiger partial charge < -0.3 is 0 Å². The predicted octanol–water partition coefficient (Wildman–Crippen LogP) is 3.30. The number of carbonyl (C=O) groups excluding carboxylic acids is 2. The van der Waals surface area contributed by atoms with Crippen molar-refractivity contribution in [2.75, 3.05) is 4.90 Å². The maximum Gasteiger partial charge on any atom is 0.238 e. The van der Waals surface area contributed by atoms with Crippen molar-refractivity contribution in [3.05, 3.63) is 40.4 Å². The van der Waals surface area contributed by atoms with Crippen LogP contribution in [-0.2, 0) is 9.59 Å². The van der Waals surface area contributed by atoms with E-state index in [4.69, 9.17) is 23.2 Å². The van der Waals surface area contributed by atoms with Crippen molar-refractivity contribution in [3.63, 3.8) is 0 Å². The first-order valence-electron chi connectivity index (χ1n) is 6.58. The number of nitrogens with zero attached hydrogens (tertiary/aromatic N) is 1. The molecule has 1 aromatic carbocycles. The zero-order valence-corrected chi connectivity index (χ0v) is 11.9. The van der Waals surface area contributed by atoms with E-state index < -0.39 is 0 Å². The van der Waals surface area contributed by atoms with E-state index in [0.717, 1.165) is 6.42 Å². The summed E-state index contributed by atoms with van der Waals surface area (Å²) in [5.74, 6) is -0.210. The minimum Gasteiger partial charge on any atom is -0.274 e. The van der Waals surface area contributed by atoms with Gasteiger partial charge in [0.1, 0.15) is 0 Å². The molecule has 0 spiro atoms. The van der Waals surface area contributed by atoms with Crippen molar-refractivity contribution < 1.29 is 9.59 Å². The average Bonchev–Trinajstić information content (AvgIpc) is 3.02. The lowest BCUT2D eigenvalue weighted by Crippen LogP contribution is -2.32. The molecule has 4 atom stereocenters. The van der Waals surface area contributed by atoms with E-state index in [0.29, 0.717) is 15.7 Å². The topological polar surface area (TPSA) is 37.4 Å². The Balaban J connectivity index is 1.78. The number of allylic oxidation sites excluding steroid dienone is 2. The number of fused-ring (bicyclic) bond motifs is 5. The van der Waals surface area contributed by atoms with Gasteiger partial charge in [-0.1, -0.05) is 35.4 Å². The van der Waals surface area contributed by atoms with Crippen molar-refractivity contribution in [3.8, 4) is 0 Å². The third-order valence-corrected chi connectivity index (χ3v) is 5.01. The summed E-state index contributed by atoms with van der Waals surface area (Å²) >= 11 is 11.9. The lowest BCUT2D eigenvalue weighted by molar-refractivity contribution is -0.123. The number of hydrogen-bond acceptors (Lipinski definition) is 2. The fourth-order valence-electron chi connectivity index (χ4n) is 3.83. The molecule has 1 aliphatic heterocycles. The lowest BCUT2D eigenvalue weighted by Gasteiger charge is -2.17. The number of amides is 2. The van der Waals surface area contributed by atoms with E-state index in [1.807, 2.05) is 0 Å². The summed E-state index contributed by atoms with van der Waals surface area (Å²) in [4.78, 5) is 26.5. The van der Waals surface area contributed by atoms with E-state index in [9.17, 15) is 9.59 Å². The van der Waals surface area contributed by atoms with Crippen molar-refractivity contribution in [1.29, 1.82) is 0 Å². The highest BCUT2D eigenvalue weighted by atomic mass is 35.5. The second-order valence-electron chi connectivity index (χ2n) is 5.64. The lowest BCUT2D eigenvalue weighted by atomic mass is 9.85. The Labute approximate surface area is 126 Å². The summed E-state index contributed by atoms with van der Waals surface area (Å²) in [6.07, 6.45) is 5.08. The molecule has 1 aromatic rings. The maximum absolute atomic E-state index is 12.6. The number of carbonyl (C=O) groups is 2. The van der Waals surface area contributed by atoms with Crippen LogP contribution in [0, 0.1) is 23.7 Å². The van der Waals surface area contributed by atoms with Gasteiger partial charge in [0.25, 0.3) is 0 Å². The van der Waals surface area contributed by atoms with Gasteiger partial charge in [-0.3, -0.25) is 9.59 Å². The molecule has 3 aliphatic rings. The fraction of sp³-hybridized carbons (Fsp3) is 0.333. The number of benzene rings is 1. The van der Waals surface area contributed by atoms with Crippen LogP contribution in [0.5, 0.6) is 0 Å². The van der Waals surface area contributed by atoms with Gasteiger partial charge in [-0.2, -0.15) is 0 Å². The van der Waals surface area contributed by atoms with Gasteiger partial charge >= 0.3 is 0 Å². The maximum atomic E-state index is 12.6. The first kappa shape index (κ1) is 12.4. The monoisotopic (exact) mass is 307 g/mol. The summed E-state index contributed by atoms with van der Waals surface area (Å²) in [5.41, 5.74) is 0.478. The van der Waals surface area contributed by atoms with Gasteiger partial charge in [-0.15, -0.1) is 0 Å². The number of halogens is 2. The fourth-order valence-corrected chi connectivity index (χ4v) is 4.34. The normalized spacial score (nSPS) is 34.2. The molecule has 2 fully saturated rings. The summed E-state index contributed by atoms with van der Waals surface area (Å²) in [7, 11) is 0. The molecular weight excluding hydrogens is 297 g/mol. The van der Waals surface area contributed by atoms with Crippen LogP contribution in [-0.4, -0.2) is 11.8 Å². The number of rotatable bonds is 1. The Hall–Kier alpha value is -1.32. The van der Waals surface area contributed by atoms with E-state index >= 15 is 0 Å². The molecule has 2 amide bonds. The highest BCUT2D eigenvalue weighted by molar-refractivity contribution is 6.35. The van der Waals surface area contributed by atoms with Gasteiger partial charge in [0.05, 0.1) is 17.5 Å². The van der Waals surface area contributed by atoms with Crippen molar-refractivity contribution in [2.24, 2.45) is 23.7 Å². The van der Waals surface area contributed by atoms with E-state index in [1.165, 1.54) is 4.90 Å². The molecule has 20 heavy (non-hydrogen) atoms. The van der Waals surface area contributed by atoms with Crippen LogP contribution in [0.1, 0.15) is 6.42 Å². The summed E-state index contributed by atoms with van der Waals surface area (Å²) in [6, 6.07) is 4.81. The molecule has 0 radical (unpaired) electrons. The predicted molar refractivity (Wildman–Crippen MR) is 76.7 cm³/mol. The van der Waals surface area contributed by atoms with Crippen LogP contribution >= 0.6 is 23.2 Å². The van der Waals surface area contributed by atoms with Crippen LogP contribution in [0.3, 0.4) is 0 Å². The van der Waals surface area contributed by atoms with Crippen LogP contribution in [0.4, 0.5) is 5.69 Å². The van der Waals surface area contributed by atoms with Crippen LogP contribution in [0.15, 0.2) is 30.4 Å². The Bertz CT molecular complexity index is 620. The zero-order chi connectivity index (χ0) is 14.0. The second-order valence-corrected chi connectivity index (χ2v) is 6.51. The molecule has 3 nitrogen and oxygen atoms in total. The third kappa shape index (κ3) is 1.54. The van der Waals surface area contributed by atoms with Crippen LogP contribution < -0.4 is 4.90 Å². The summed E-state index contributed by atoms with van der Waals surface area (Å²) < 4.78 is 0. The Morgan fingerprint density at radius 2 is 1.40 bits per heavy atom. The van der Waals surface area contributed by atoms with Gasteiger partial charge in [-0.05, 0) is 36.5 Å². The second kappa shape index (κ2) is 4.09. The Kier molecular flexibility index (Phi) is 2.54. The van der Waals surface area contributed by atoms with Crippen LogP contribution in [0.25, 0.3) is 0 Å². The van der Waals surface area contributed by atoms with Gasteiger partial charge in [0.15, 0.2) is 0 Å². The molecule has 102 valence electrons. The largest absolute Gasteiger partial charge is 0.274 e. The molecule has 1 heterocycles. The quantitative estimate of drug-likeness (QED) is 0.589. The first-order valence-corrected chi connectivity index (χ1v) is 7.34. The number of anilines is 1. The van der Waals surface area contributed by atoms with E-state index in [2.05, 4.69) is 12.2 Å². The average molecular weight is 308 g/mol. The van der Waals surface area contributed by atoms with Gasteiger partial charge in [0.2, 0.25) is 11.8 Å². The van der Waals surface area contributed by atoms with Gasteiger partial charge in [0, 0.05) is 10.0 Å². The van der Waals surface area contributed by atoms with Crippen molar-refractivity contribution in [1.82, 2.24) is 0 Å². The Morgan fingerprint density at radius 3 is 1.90 bits per heavy atom. The SMILES string of the molecule is O=C1[C@@H]2[C@H](C(=O)N1c1cc(Cl)cc(Cl)c1)[C@@H]1C=C[C@@H]2C1. The van der Waals surface area contributed by atoms with E-state index in [1.54, 1.807) is 18.2 Å². The molecule has 2 aliphatic carbocycles. The smallest absolute Gasteiger partial charge is 0.238 e. The molecule has 0 aromatic heterocycles. The highest BCUT2D eigenvalue weighted by Crippen LogP contribution is 2.53. The van der Waals surface area contributed by atoms with Gasteiger partial charge in [-0.25, -0.2) is 4.90 Å². The molecular formula is C15H11Cl2NO2. The van der Waals surface area contributed by atoms with Crippen LogP contribution in [0.2, 0.25) is 10.0 Å². The van der Waals surface area contributed by atoms with Crippen molar-refractivity contribution in [2.45, 2.75) is 6.42 Å². The van der Waals surface area contributed by atoms with E-state index in [-0.39, 0.29) is 35.5 Å². The highest BCUT2D eigenvalue weighted by Gasteiger charge is 2.59. The summed E-state index contributed by atoms with van der Waals surface area (Å²) in [6.45, 7) is 0. The molecule has 4 rings (SSSR count). The molecule has 1 saturated heterocycles. The standard InChI is InChI=1S/C15H11Cl2NO2/c16-9-4-10(17)6-11(5-9)18-14(19)12-7-1-2-8(3-7)13(12)15(18)20/h1-2,4-8,12-13H,3H2/t7-,8-,12-,13+/m1/s1. The summed E-state index contributed by atoms with van der Waals surface area (Å²) in [5, 5.41) is 0.845. The molecule has 5 heteroatoms. The number of hydrogen-bond donors (Lipinski definition) is 0. The molecule has 0 unspecified atom stereocenters. The molecule has 0 N–H and O–H groups in total. The molecule has 1 saturated carbocycles. The Morgan fingerprint density at radius 1 is 0.900 bits per heavy atom. The van der Waals surface area contributed by atoms with Crippen molar-refractivity contribution >= 4 is 40.7 Å².